The standard InChI is InChI=1S/C32H36N2O7S/c1-21(36)34-26-13-15-28(16-14-26)42-20-27-17-29(24-9-7-23(19-35)8-10-24)41-32(40-27)25-11-5-22(6-12-25)18-33-30(37)3-2-4-31(38)39/h5-16,27,29,32,35H,2-4,17-20H2,1H3,(H,33,37)(H,34,36)(H,38,39)/t27-,29+,32+/m0/s1. The van der Waals surface area contributed by atoms with Gasteiger partial charge in [-0.05, 0) is 47.4 Å². The monoisotopic (exact) mass is 592 g/mol. The molecular weight excluding hydrogens is 556 g/mol. The molecule has 3 aromatic rings. The van der Waals surface area contributed by atoms with E-state index >= 15 is 0 Å². The number of aliphatic carboxylic acids is 1. The number of aliphatic hydroxyl groups excluding tert-OH is 1. The fourth-order valence-electron chi connectivity index (χ4n) is 4.53. The highest BCUT2D eigenvalue weighted by Gasteiger charge is 2.32. The molecule has 0 radical (unpaired) electrons. The number of thioether (sulfide) groups is 1. The van der Waals surface area contributed by atoms with Crippen molar-refractivity contribution in [2.45, 2.75) is 69.2 Å². The van der Waals surface area contributed by atoms with Crippen LogP contribution in [0, 0.1) is 0 Å². The molecule has 4 N–H and O–H groups in total. The summed E-state index contributed by atoms with van der Waals surface area (Å²) in [4.78, 5) is 35.0. The van der Waals surface area contributed by atoms with Gasteiger partial charge in [-0.15, -0.1) is 11.8 Å². The lowest BCUT2D eigenvalue weighted by molar-refractivity contribution is -0.245. The Morgan fingerprint density at radius 3 is 2.19 bits per heavy atom. The van der Waals surface area contributed by atoms with Crippen molar-refractivity contribution >= 4 is 35.2 Å². The van der Waals surface area contributed by atoms with Crippen molar-refractivity contribution in [2.75, 3.05) is 11.1 Å². The number of ether oxygens (including phenoxy) is 2. The number of carbonyl (C=O) groups is 3. The molecule has 1 aliphatic rings. The van der Waals surface area contributed by atoms with E-state index in [1.165, 1.54) is 6.92 Å². The predicted octanol–water partition coefficient (Wildman–Crippen LogP) is 5.35. The molecule has 0 spiro atoms. The van der Waals surface area contributed by atoms with Gasteiger partial charge in [0.15, 0.2) is 6.29 Å². The number of aliphatic hydroxyl groups is 1. The summed E-state index contributed by atoms with van der Waals surface area (Å²) in [5.74, 6) is -0.496. The number of benzene rings is 3. The van der Waals surface area contributed by atoms with E-state index in [1.54, 1.807) is 11.8 Å². The average molecular weight is 593 g/mol. The summed E-state index contributed by atoms with van der Waals surface area (Å²) in [7, 11) is 0. The highest BCUT2D eigenvalue weighted by molar-refractivity contribution is 7.99. The summed E-state index contributed by atoms with van der Waals surface area (Å²) in [6.45, 7) is 1.80. The molecule has 42 heavy (non-hydrogen) atoms. The van der Waals surface area contributed by atoms with E-state index in [4.69, 9.17) is 14.6 Å². The second-order valence-electron chi connectivity index (χ2n) is 10.1. The number of carboxylic acids is 1. The van der Waals surface area contributed by atoms with Gasteiger partial charge in [0.1, 0.15) is 0 Å². The molecule has 1 heterocycles. The molecule has 1 fully saturated rings. The summed E-state index contributed by atoms with van der Waals surface area (Å²) in [6, 6.07) is 23.1. The Kier molecular flexibility index (Phi) is 11.5. The molecule has 3 aromatic carbocycles. The quantitative estimate of drug-likeness (QED) is 0.195. The van der Waals surface area contributed by atoms with Crippen molar-refractivity contribution in [2.24, 2.45) is 0 Å². The molecule has 10 heteroatoms. The van der Waals surface area contributed by atoms with Crippen LogP contribution in [-0.4, -0.2) is 39.9 Å². The first-order valence-corrected chi connectivity index (χ1v) is 14.9. The summed E-state index contributed by atoms with van der Waals surface area (Å²) >= 11 is 1.67. The minimum Gasteiger partial charge on any atom is -0.481 e. The predicted molar refractivity (Wildman–Crippen MR) is 160 cm³/mol. The molecule has 3 atom stereocenters. The van der Waals surface area contributed by atoms with Gasteiger partial charge in [-0.1, -0.05) is 48.5 Å². The number of hydrogen-bond donors (Lipinski definition) is 4. The van der Waals surface area contributed by atoms with E-state index in [1.807, 2.05) is 72.8 Å². The summed E-state index contributed by atoms with van der Waals surface area (Å²) in [5, 5.41) is 23.8. The van der Waals surface area contributed by atoms with Gasteiger partial charge < -0.3 is 30.3 Å². The molecule has 0 aliphatic carbocycles. The summed E-state index contributed by atoms with van der Waals surface area (Å²) in [5.41, 5.74) is 4.37. The lowest BCUT2D eigenvalue weighted by atomic mass is 10.0. The number of rotatable bonds is 13. The van der Waals surface area contributed by atoms with Crippen LogP contribution >= 0.6 is 11.8 Å². The van der Waals surface area contributed by atoms with Crippen molar-refractivity contribution in [1.29, 1.82) is 0 Å². The molecule has 0 bridgehead atoms. The minimum absolute atomic E-state index is 0.0212. The third-order valence-corrected chi connectivity index (χ3v) is 7.91. The highest BCUT2D eigenvalue weighted by Crippen LogP contribution is 2.39. The number of hydrogen-bond acceptors (Lipinski definition) is 7. The zero-order valence-corrected chi connectivity index (χ0v) is 24.3. The number of nitrogens with one attached hydrogen (secondary N) is 2. The van der Waals surface area contributed by atoms with Gasteiger partial charge in [-0.3, -0.25) is 14.4 Å². The molecule has 0 unspecified atom stereocenters. The normalized spacial score (nSPS) is 18.3. The zero-order chi connectivity index (χ0) is 29.9. The number of carbonyl (C=O) groups excluding carboxylic acids is 2. The Bertz CT molecular complexity index is 1330. The van der Waals surface area contributed by atoms with E-state index in [0.717, 1.165) is 32.8 Å². The zero-order valence-electron chi connectivity index (χ0n) is 23.5. The summed E-state index contributed by atoms with van der Waals surface area (Å²) in [6.07, 6.45) is 0.229. The second-order valence-corrected chi connectivity index (χ2v) is 11.2. The van der Waals surface area contributed by atoms with Crippen molar-refractivity contribution in [3.8, 4) is 0 Å². The Morgan fingerprint density at radius 2 is 1.55 bits per heavy atom. The van der Waals surface area contributed by atoms with Crippen LogP contribution in [0.4, 0.5) is 5.69 Å². The van der Waals surface area contributed by atoms with E-state index in [0.29, 0.717) is 25.1 Å². The number of anilines is 1. The molecular formula is C32H36N2O7S. The van der Waals surface area contributed by atoms with Crippen LogP contribution in [0.2, 0.25) is 0 Å². The van der Waals surface area contributed by atoms with Crippen LogP contribution in [0.5, 0.6) is 0 Å². The largest absolute Gasteiger partial charge is 0.481 e. The highest BCUT2D eigenvalue weighted by atomic mass is 32.2. The maximum Gasteiger partial charge on any atom is 0.303 e. The van der Waals surface area contributed by atoms with E-state index in [9.17, 15) is 19.5 Å². The molecule has 2 amide bonds. The number of carboxylic acid groups (broad SMARTS) is 1. The fraction of sp³-hybridized carbons (Fsp3) is 0.344. The van der Waals surface area contributed by atoms with Gasteiger partial charge in [0.25, 0.3) is 0 Å². The maximum absolute atomic E-state index is 12.0. The van der Waals surface area contributed by atoms with Crippen LogP contribution in [0.15, 0.2) is 77.7 Å². The Labute approximate surface area is 249 Å². The van der Waals surface area contributed by atoms with E-state index < -0.39 is 12.3 Å². The molecule has 9 nitrogen and oxygen atoms in total. The van der Waals surface area contributed by atoms with Crippen LogP contribution in [0.25, 0.3) is 0 Å². The van der Waals surface area contributed by atoms with E-state index in [-0.39, 0.29) is 43.5 Å². The minimum atomic E-state index is -0.909. The first kappa shape index (κ1) is 31.2. The molecule has 222 valence electrons. The molecule has 0 aromatic heterocycles. The van der Waals surface area contributed by atoms with Crippen molar-refractivity contribution in [1.82, 2.24) is 5.32 Å². The number of amides is 2. The first-order valence-electron chi connectivity index (χ1n) is 13.9. The van der Waals surface area contributed by atoms with Gasteiger partial charge in [0, 0.05) is 54.6 Å². The van der Waals surface area contributed by atoms with Gasteiger partial charge in [-0.2, -0.15) is 0 Å². The van der Waals surface area contributed by atoms with E-state index in [2.05, 4.69) is 10.6 Å². The lowest BCUT2D eigenvalue weighted by Gasteiger charge is -2.36. The van der Waals surface area contributed by atoms with Gasteiger partial charge >= 0.3 is 5.97 Å². The van der Waals surface area contributed by atoms with Crippen LogP contribution in [-0.2, 0) is 37.0 Å². The topological polar surface area (TPSA) is 134 Å². The van der Waals surface area contributed by atoms with Crippen LogP contribution in [0.3, 0.4) is 0 Å². The third-order valence-electron chi connectivity index (χ3n) is 6.76. The molecule has 4 rings (SSSR count). The second kappa shape index (κ2) is 15.5. The average Bonchev–Trinajstić information content (AvgIpc) is 2.99. The molecule has 0 saturated carbocycles. The summed E-state index contributed by atoms with van der Waals surface area (Å²) < 4.78 is 12.8. The lowest BCUT2D eigenvalue weighted by Crippen LogP contribution is -2.31. The van der Waals surface area contributed by atoms with Gasteiger partial charge in [0.2, 0.25) is 11.8 Å². The third kappa shape index (κ3) is 9.70. The molecule has 1 aliphatic heterocycles. The smallest absolute Gasteiger partial charge is 0.303 e. The van der Waals surface area contributed by atoms with Crippen LogP contribution < -0.4 is 10.6 Å². The van der Waals surface area contributed by atoms with Crippen molar-refractivity contribution in [3.05, 3.63) is 95.1 Å². The van der Waals surface area contributed by atoms with Gasteiger partial charge in [0.05, 0.1) is 18.8 Å². The maximum atomic E-state index is 12.0. The molecule has 1 saturated heterocycles. The Balaban J connectivity index is 1.40. The van der Waals surface area contributed by atoms with Crippen molar-refractivity contribution < 1.29 is 34.1 Å². The van der Waals surface area contributed by atoms with Crippen LogP contribution in [0.1, 0.15) is 67.3 Å². The Hall–Kier alpha value is -3.70. The SMILES string of the molecule is CC(=O)Nc1ccc(SC[C@@H]2C[C@H](c3ccc(CO)cc3)O[C@H](c3ccc(CNC(=O)CCCC(=O)O)cc3)O2)cc1. The van der Waals surface area contributed by atoms with Crippen molar-refractivity contribution in [3.63, 3.8) is 0 Å². The Morgan fingerprint density at radius 1 is 0.881 bits per heavy atom. The van der Waals surface area contributed by atoms with Gasteiger partial charge in [-0.25, -0.2) is 0 Å². The first-order chi connectivity index (χ1) is 20.3. The fourth-order valence-corrected chi connectivity index (χ4v) is 5.45.